The van der Waals surface area contributed by atoms with E-state index >= 15 is 0 Å². The van der Waals surface area contributed by atoms with Crippen molar-refractivity contribution in [2.24, 2.45) is 0 Å². The minimum atomic E-state index is -0.146. The molecular formula is C33H50ClN3O6. The molecule has 2 aromatic rings. The van der Waals surface area contributed by atoms with Crippen molar-refractivity contribution in [1.82, 2.24) is 9.80 Å². The normalized spacial score (nSPS) is 10.6. The highest BCUT2D eigenvalue weighted by molar-refractivity contribution is 5.97. The van der Waals surface area contributed by atoms with Gasteiger partial charge in [0.2, 0.25) is 5.90 Å². The quantitative estimate of drug-likeness (QED) is 0.115. The fraction of sp³-hybridized carbons (Fsp3) is 0.545. The number of hydrogen-bond donors (Lipinski definition) is 1. The van der Waals surface area contributed by atoms with Crippen LogP contribution in [0.4, 0.5) is 0 Å². The molecule has 2 aromatic carbocycles. The third-order valence-corrected chi connectivity index (χ3v) is 6.73. The zero-order valence-electron chi connectivity index (χ0n) is 26.8. The van der Waals surface area contributed by atoms with Gasteiger partial charge in [0.05, 0.1) is 25.4 Å². The molecule has 0 atom stereocenters. The molecule has 0 radical (unpaired) electrons. The van der Waals surface area contributed by atoms with E-state index in [1.807, 2.05) is 72.7 Å². The Morgan fingerprint density at radius 1 is 0.791 bits per heavy atom. The number of hydrogen-bond acceptors (Lipinski definition) is 7. The molecule has 0 aliphatic heterocycles. The van der Waals surface area contributed by atoms with Crippen LogP contribution in [0.2, 0.25) is 0 Å². The number of rotatable bonds is 18. The first-order chi connectivity index (χ1) is 20.1. The molecule has 0 saturated carbocycles. The second kappa shape index (κ2) is 19.7. The molecule has 240 valence electrons. The Balaban J connectivity index is 0.00000924. The summed E-state index contributed by atoms with van der Waals surface area (Å²) in [5.41, 5.74) is 1.14. The number of carbonyl (C=O) groups excluding carboxylic acids is 2. The molecule has 0 aromatic heterocycles. The lowest BCUT2D eigenvalue weighted by molar-refractivity contribution is -0.133. The van der Waals surface area contributed by atoms with E-state index in [0.29, 0.717) is 50.0 Å². The maximum absolute atomic E-state index is 13.5. The van der Waals surface area contributed by atoms with Gasteiger partial charge in [0.25, 0.3) is 11.8 Å². The fourth-order valence-electron chi connectivity index (χ4n) is 4.59. The predicted octanol–water partition coefficient (Wildman–Crippen LogP) is 6.60. The second-order valence-electron chi connectivity index (χ2n) is 10.5. The molecule has 0 saturated heterocycles. The van der Waals surface area contributed by atoms with Crippen LogP contribution in [0.25, 0.3) is 0 Å². The number of nitrogens with zero attached hydrogens (tertiary/aromatic N) is 2. The first-order valence-electron chi connectivity index (χ1n) is 15.1. The minimum absolute atomic E-state index is 0. The number of ether oxygens (including phenoxy) is 4. The van der Waals surface area contributed by atoms with Gasteiger partial charge in [-0.3, -0.25) is 15.0 Å². The lowest BCUT2D eigenvalue weighted by Gasteiger charge is -2.31. The van der Waals surface area contributed by atoms with Crippen LogP contribution in [0.15, 0.2) is 42.5 Å². The highest BCUT2D eigenvalue weighted by atomic mass is 35.5. The Labute approximate surface area is 263 Å². The average Bonchev–Trinajstić information content (AvgIpc) is 2.96. The summed E-state index contributed by atoms with van der Waals surface area (Å²) in [7, 11) is 0. The second-order valence-corrected chi connectivity index (χ2v) is 10.5. The van der Waals surface area contributed by atoms with Crippen LogP contribution in [-0.4, -0.2) is 79.1 Å². The third-order valence-electron chi connectivity index (χ3n) is 6.73. The van der Waals surface area contributed by atoms with Crippen LogP contribution in [0.3, 0.4) is 0 Å². The number of likely N-dealkylation sites (N-methyl/N-ethyl adjacent to an activating group) is 1. The van der Waals surface area contributed by atoms with Crippen LogP contribution in [0.1, 0.15) is 83.7 Å². The zero-order chi connectivity index (χ0) is 31.1. The molecule has 2 rings (SSSR count). The monoisotopic (exact) mass is 619 g/mol. The Morgan fingerprint density at radius 3 is 1.88 bits per heavy atom. The molecule has 0 aliphatic carbocycles. The lowest BCUT2D eigenvalue weighted by Crippen LogP contribution is -2.42. The van der Waals surface area contributed by atoms with E-state index in [2.05, 4.69) is 0 Å². The van der Waals surface area contributed by atoms with Crippen LogP contribution in [0.5, 0.6) is 17.2 Å². The zero-order valence-corrected chi connectivity index (χ0v) is 27.6. The number of nitrogens with one attached hydrogen (secondary N) is 1. The van der Waals surface area contributed by atoms with Crippen molar-refractivity contribution in [3.05, 3.63) is 53.6 Å². The van der Waals surface area contributed by atoms with E-state index < -0.39 is 0 Å². The Morgan fingerprint density at radius 2 is 1.35 bits per heavy atom. The van der Waals surface area contributed by atoms with E-state index in [9.17, 15) is 9.59 Å². The topological polar surface area (TPSA) is 101 Å². The molecule has 10 heteroatoms. The van der Waals surface area contributed by atoms with Crippen molar-refractivity contribution in [2.75, 3.05) is 39.5 Å². The number of halogens is 1. The Hall–Kier alpha value is -3.46. The van der Waals surface area contributed by atoms with Gasteiger partial charge in [-0.25, -0.2) is 0 Å². The van der Waals surface area contributed by atoms with E-state index in [-0.39, 0.29) is 48.8 Å². The van der Waals surface area contributed by atoms with Gasteiger partial charge in [-0.05, 0) is 104 Å². The number of carbonyl (C=O) groups is 2. The van der Waals surface area contributed by atoms with Crippen LogP contribution >= 0.6 is 12.4 Å². The molecule has 43 heavy (non-hydrogen) atoms. The lowest BCUT2D eigenvalue weighted by atomic mass is 10.1. The van der Waals surface area contributed by atoms with Gasteiger partial charge in [-0.1, -0.05) is 0 Å². The van der Waals surface area contributed by atoms with Gasteiger partial charge in [-0.15, -0.1) is 12.4 Å². The molecule has 2 amide bonds. The van der Waals surface area contributed by atoms with Gasteiger partial charge < -0.3 is 28.7 Å². The molecule has 0 heterocycles. The molecular weight excluding hydrogens is 570 g/mol. The molecule has 1 N–H and O–H groups in total. The first kappa shape index (κ1) is 37.6. The first-order valence-corrected chi connectivity index (χ1v) is 15.1. The van der Waals surface area contributed by atoms with Crippen molar-refractivity contribution >= 4 is 30.1 Å². The highest BCUT2D eigenvalue weighted by Crippen LogP contribution is 2.28. The molecule has 0 fully saturated rings. The number of unbranched alkanes of at least 4 members (excludes halogenated alkanes) is 2. The highest BCUT2D eigenvalue weighted by Gasteiger charge is 2.25. The van der Waals surface area contributed by atoms with Crippen LogP contribution in [-0.2, 0) is 9.53 Å². The molecule has 9 nitrogen and oxygen atoms in total. The smallest absolute Gasteiger partial charge is 0.260 e. The van der Waals surface area contributed by atoms with Gasteiger partial charge in [0, 0.05) is 36.8 Å². The summed E-state index contributed by atoms with van der Waals surface area (Å²) in [4.78, 5) is 29.6. The van der Waals surface area contributed by atoms with Crippen molar-refractivity contribution < 1.29 is 28.5 Å². The summed E-state index contributed by atoms with van der Waals surface area (Å²) < 4.78 is 22.9. The van der Waals surface area contributed by atoms with Crippen LogP contribution < -0.4 is 14.2 Å². The molecule has 0 spiro atoms. The standard InChI is InChI=1S/C33H49N3O6.ClH/c1-8-35(9-2)31(37)23-42-30-22-28(18-19-29(30)33(38)36(24(4)5)25(6)7)41-21-13-11-12-20-40-27-16-14-26(15-17-27)32(34)39-10-3;/h14-19,22,24-25,34H,8-13,20-21,23H2,1-7H3;1H. The summed E-state index contributed by atoms with van der Waals surface area (Å²) in [5, 5.41) is 7.84. The summed E-state index contributed by atoms with van der Waals surface area (Å²) in [5.74, 6) is 1.59. The molecule has 0 bridgehead atoms. The van der Waals surface area contributed by atoms with Gasteiger partial charge in [0.15, 0.2) is 6.61 Å². The average molecular weight is 620 g/mol. The van der Waals surface area contributed by atoms with E-state index in [1.165, 1.54) is 0 Å². The SMILES string of the molecule is CCOC(=N)c1ccc(OCCCCCOc2ccc(C(=O)N(C(C)C)C(C)C)c(OCC(=O)N(CC)CC)c2)cc1.Cl. The predicted molar refractivity (Wildman–Crippen MR) is 173 cm³/mol. The van der Waals surface area contributed by atoms with Crippen molar-refractivity contribution in [3.63, 3.8) is 0 Å². The van der Waals surface area contributed by atoms with Crippen molar-refractivity contribution in [3.8, 4) is 17.2 Å². The Bertz CT molecular complexity index is 1130. The number of benzene rings is 2. The van der Waals surface area contributed by atoms with E-state index in [4.69, 9.17) is 24.4 Å². The molecule has 0 aliphatic rings. The fourth-order valence-corrected chi connectivity index (χ4v) is 4.59. The minimum Gasteiger partial charge on any atom is -0.494 e. The van der Waals surface area contributed by atoms with Gasteiger partial charge in [0.1, 0.15) is 17.2 Å². The summed E-state index contributed by atoms with van der Waals surface area (Å²) >= 11 is 0. The third kappa shape index (κ3) is 12.0. The maximum atomic E-state index is 13.5. The summed E-state index contributed by atoms with van der Waals surface area (Å²) in [6.45, 7) is 16.2. The molecule has 0 unspecified atom stereocenters. The van der Waals surface area contributed by atoms with E-state index in [0.717, 1.165) is 30.6 Å². The van der Waals surface area contributed by atoms with E-state index in [1.54, 1.807) is 28.0 Å². The van der Waals surface area contributed by atoms with Gasteiger partial charge in [-0.2, -0.15) is 0 Å². The largest absolute Gasteiger partial charge is 0.494 e. The summed E-state index contributed by atoms with van der Waals surface area (Å²) in [6.07, 6.45) is 2.62. The van der Waals surface area contributed by atoms with Crippen molar-refractivity contribution in [1.29, 1.82) is 5.41 Å². The number of amides is 2. The Kier molecular flexibility index (Phi) is 17.2. The maximum Gasteiger partial charge on any atom is 0.260 e. The summed E-state index contributed by atoms with van der Waals surface area (Å²) in [6, 6.07) is 12.6. The van der Waals surface area contributed by atoms with Crippen LogP contribution in [0, 0.1) is 5.41 Å². The van der Waals surface area contributed by atoms with Crippen molar-refractivity contribution in [2.45, 2.75) is 79.8 Å². The van der Waals surface area contributed by atoms with Gasteiger partial charge >= 0.3 is 0 Å².